The van der Waals surface area contributed by atoms with E-state index in [1.165, 1.54) is 19.9 Å². The topological polar surface area (TPSA) is 17.1 Å². The fraction of sp³-hybridized carbons (Fsp3) is 0.154. The van der Waals surface area contributed by atoms with Crippen molar-refractivity contribution in [3.63, 3.8) is 0 Å². The number of benzene rings is 1. The molecule has 1 rings (SSSR count). The molecule has 0 heterocycles. The Morgan fingerprint density at radius 3 is 2.40 bits per heavy atom. The summed E-state index contributed by atoms with van der Waals surface area (Å²) < 4.78 is 13.1. The lowest BCUT2D eigenvalue weighted by Gasteiger charge is -2.04. The van der Waals surface area contributed by atoms with Gasteiger partial charge in [-0.3, -0.25) is 4.79 Å². The van der Waals surface area contributed by atoms with Crippen molar-refractivity contribution in [3.8, 4) is 0 Å². The molecule has 0 atom stereocenters. The largest absolute Gasteiger partial charge is 0.295 e. The Morgan fingerprint density at radius 1 is 1.33 bits per heavy atom. The van der Waals surface area contributed by atoms with Gasteiger partial charge in [-0.05, 0) is 25.5 Å². The molecule has 78 valence electrons. The molecule has 0 radical (unpaired) electrons. The van der Waals surface area contributed by atoms with Crippen LogP contribution in [0.25, 0.3) is 5.57 Å². The van der Waals surface area contributed by atoms with Gasteiger partial charge in [0.25, 0.3) is 0 Å². The molecule has 0 bridgehead atoms. The zero-order chi connectivity index (χ0) is 11.4. The highest BCUT2D eigenvalue weighted by Crippen LogP contribution is 2.21. The lowest BCUT2D eigenvalue weighted by atomic mass is 10.0. The highest BCUT2D eigenvalue weighted by atomic mass is 19.1. The van der Waals surface area contributed by atoms with E-state index < -0.39 is 0 Å². The molecule has 0 fully saturated rings. The molecule has 0 aliphatic heterocycles. The van der Waals surface area contributed by atoms with Crippen LogP contribution in [0, 0.1) is 0 Å². The zero-order valence-corrected chi connectivity index (χ0v) is 8.88. The summed E-state index contributed by atoms with van der Waals surface area (Å²) in [4.78, 5) is 11.1. The summed E-state index contributed by atoms with van der Waals surface area (Å²) in [6.45, 7) is 6.41. The lowest BCUT2D eigenvalue weighted by Crippen LogP contribution is -1.93. The summed E-state index contributed by atoms with van der Waals surface area (Å²) in [5.41, 5.74) is 1.68. The van der Waals surface area contributed by atoms with Gasteiger partial charge in [0.2, 0.25) is 0 Å². The number of allylic oxidation sites excluding steroid dienone is 3. The van der Waals surface area contributed by atoms with Gasteiger partial charge in [0.05, 0.1) is 0 Å². The van der Waals surface area contributed by atoms with E-state index in [0.717, 1.165) is 0 Å². The second kappa shape index (κ2) is 4.69. The third-order valence-corrected chi connectivity index (χ3v) is 2.16. The SMILES string of the molecule is C=C/C(=C(\C)F)c1cccc(C(C)=O)c1. The van der Waals surface area contributed by atoms with Crippen molar-refractivity contribution >= 4 is 11.4 Å². The van der Waals surface area contributed by atoms with Gasteiger partial charge in [-0.1, -0.05) is 30.9 Å². The third kappa shape index (κ3) is 2.62. The molecule has 1 aromatic rings. The lowest BCUT2D eigenvalue weighted by molar-refractivity contribution is 0.101. The van der Waals surface area contributed by atoms with Gasteiger partial charge in [0.1, 0.15) is 5.83 Å². The van der Waals surface area contributed by atoms with E-state index >= 15 is 0 Å². The van der Waals surface area contributed by atoms with Gasteiger partial charge in [0, 0.05) is 11.1 Å². The number of hydrogen-bond acceptors (Lipinski definition) is 1. The summed E-state index contributed by atoms with van der Waals surface area (Å²) in [5, 5.41) is 0. The van der Waals surface area contributed by atoms with Crippen molar-refractivity contribution in [1.82, 2.24) is 0 Å². The number of rotatable bonds is 3. The Morgan fingerprint density at radius 2 is 1.93 bits per heavy atom. The summed E-state index contributed by atoms with van der Waals surface area (Å²) in [6, 6.07) is 6.87. The molecule has 0 aliphatic carbocycles. The first-order chi connectivity index (χ1) is 7.06. The van der Waals surface area contributed by atoms with E-state index in [1.807, 2.05) is 0 Å². The Hall–Kier alpha value is -1.70. The van der Waals surface area contributed by atoms with Crippen molar-refractivity contribution < 1.29 is 9.18 Å². The first-order valence-electron chi connectivity index (χ1n) is 4.66. The molecule has 0 aromatic heterocycles. The van der Waals surface area contributed by atoms with Gasteiger partial charge in [0.15, 0.2) is 5.78 Å². The number of ketones is 1. The van der Waals surface area contributed by atoms with Gasteiger partial charge in [-0.15, -0.1) is 0 Å². The smallest absolute Gasteiger partial charge is 0.159 e. The summed E-state index contributed by atoms with van der Waals surface area (Å²) >= 11 is 0. The Balaban J connectivity index is 3.27. The highest BCUT2D eigenvalue weighted by molar-refractivity contribution is 5.95. The minimum absolute atomic E-state index is 0.0308. The Kier molecular flexibility index (Phi) is 3.56. The molecule has 1 nitrogen and oxygen atoms in total. The average molecular weight is 204 g/mol. The molecule has 0 saturated heterocycles. The normalized spacial score (nSPS) is 11.9. The van der Waals surface area contributed by atoms with Crippen LogP contribution < -0.4 is 0 Å². The predicted octanol–water partition coefficient (Wildman–Crippen LogP) is 3.78. The van der Waals surface area contributed by atoms with Crippen LogP contribution in [0.15, 0.2) is 42.7 Å². The molecule has 1 aromatic carbocycles. The van der Waals surface area contributed by atoms with Gasteiger partial charge < -0.3 is 0 Å². The number of carbonyl (C=O) groups is 1. The molecule has 0 amide bonds. The summed E-state index contributed by atoms with van der Waals surface area (Å²) in [7, 11) is 0. The van der Waals surface area contributed by atoms with E-state index in [-0.39, 0.29) is 11.6 Å². The maximum Gasteiger partial charge on any atom is 0.159 e. The predicted molar refractivity (Wildman–Crippen MR) is 60.3 cm³/mol. The van der Waals surface area contributed by atoms with Crippen LogP contribution in [-0.2, 0) is 0 Å². The number of carbonyl (C=O) groups excluding carboxylic acids is 1. The molecule has 0 unspecified atom stereocenters. The van der Waals surface area contributed by atoms with Crippen molar-refractivity contribution in [1.29, 1.82) is 0 Å². The van der Waals surface area contributed by atoms with Gasteiger partial charge >= 0.3 is 0 Å². The van der Waals surface area contributed by atoms with Crippen LogP contribution in [0.3, 0.4) is 0 Å². The van der Waals surface area contributed by atoms with Crippen LogP contribution >= 0.6 is 0 Å². The number of hydrogen-bond donors (Lipinski definition) is 0. The van der Waals surface area contributed by atoms with E-state index in [1.54, 1.807) is 24.3 Å². The Labute approximate surface area is 88.9 Å². The van der Waals surface area contributed by atoms with E-state index in [9.17, 15) is 9.18 Å². The first-order valence-corrected chi connectivity index (χ1v) is 4.66. The molecule has 0 spiro atoms. The molecule has 15 heavy (non-hydrogen) atoms. The zero-order valence-electron chi connectivity index (χ0n) is 8.88. The minimum atomic E-state index is -0.300. The number of Topliss-reactive ketones (excluding diaryl/α,β-unsaturated/α-hetero) is 1. The van der Waals surface area contributed by atoms with Crippen LogP contribution in [-0.4, -0.2) is 5.78 Å². The Bertz CT molecular complexity index is 426. The number of halogens is 1. The van der Waals surface area contributed by atoms with Crippen molar-refractivity contribution in [2.75, 3.05) is 0 Å². The molecular weight excluding hydrogens is 191 g/mol. The third-order valence-electron chi connectivity index (χ3n) is 2.16. The fourth-order valence-corrected chi connectivity index (χ4v) is 1.36. The second-order valence-electron chi connectivity index (χ2n) is 3.29. The van der Waals surface area contributed by atoms with Crippen LogP contribution in [0.2, 0.25) is 0 Å². The first kappa shape index (κ1) is 11.4. The van der Waals surface area contributed by atoms with E-state index in [2.05, 4.69) is 6.58 Å². The van der Waals surface area contributed by atoms with Crippen LogP contribution in [0.5, 0.6) is 0 Å². The molecule has 0 aliphatic rings. The van der Waals surface area contributed by atoms with E-state index in [0.29, 0.717) is 16.7 Å². The van der Waals surface area contributed by atoms with E-state index in [4.69, 9.17) is 0 Å². The quantitative estimate of drug-likeness (QED) is 0.541. The van der Waals surface area contributed by atoms with Gasteiger partial charge in [-0.2, -0.15) is 0 Å². The van der Waals surface area contributed by atoms with Crippen LogP contribution in [0.1, 0.15) is 29.8 Å². The molecule has 2 heteroatoms. The maximum atomic E-state index is 13.1. The molecule has 0 saturated carbocycles. The fourth-order valence-electron chi connectivity index (χ4n) is 1.36. The molecular formula is C13H13FO. The second-order valence-corrected chi connectivity index (χ2v) is 3.29. The van der Waals surface area contributed by atoms with Crippen LogP contribution in [0.4, 0.5) is 4.39 Å². The monoisotopic (exact) mass is 204 g/mol. The summed E-state index contributed by atoms with van der Waals surface area (Å²) in [6.07, 6.45) is 1.45. The minimum Gasteiger partial charge on any atom is -0.295 e. The maximum absolute atomic E-state index is 13.1. The standard InChI is InChI=1S/C13H13FO/c1-4-13(9(2)14)12-7-5-6-11(8-12)10(3)15/h4-8H,1H2,2-3H3/b13-9-. The van der Waals surface area contributed by atoms with Gasteiger partial charge in [-0.25, -0.2) is 4.39 Å². The average Bonchev–Trinajstić information content (AvgIpc) is 2.18. The highest BCUT2D eigenvalue weighted by Gasteiger charge is 2.05. The van der Waals surface area contributed by atoms with Crippen molar-refractivity contribution in [2.45, 2.75) is 13.8 Å². The van der Waals surface area contributed by atoms with Crippen molar-refractivity contribution in [3.05, 3.63) is 53.9 Å². The summed E-state index contributed by atoms with van der Waals surface area (Å²) in [5.74, 6) is -0.331. The molecule has 0 N–H and O–H groups in total. The van der Waals surface area contributed by atoms with Crippen molar-refractivity contribution in [2.24, 2.45) is 0 Å².